The van der Waals surface area contributed by atoms with E-state index in [2.05, 4.69) is 61.3 Å². The monoisotopic (exact) mass is 1050 g/mol. The zero-order chi connectivity index (χ0) is 51.3. The summed E-state index contributed by atoms with van der Waals surface area (Å²) >= 11 is 12.4. The van der Waals surface area contributed by atoms with Crippen LogP contribution >= 0.6 is 23.2 Å². The molecule has 2 aliphatic rings. The third kappa shape index (κ3) is 17.1. The summed E-state index contributed by atoms with van der Waals surface area (Å²) in [6.07, 6.45) is 8.62. The van der Waals surface area contributed by atoms with Crippen molar-refractivity contribution in [3.63, 3.8) is 0 Å². The topological polar surface area (TPSA) is 274 Å². The standard InChI is InChI=1S/C48H65Cl2N15O8/c49-36-3-1-35(2-4-36)38(60-47(69)48(51)10-17-64(18-11-48)45-37-7-12-53-44(37)55-34-56-45)8-16-62-21-23-63(24-22-62)42(67)9-25-70-27-29-72-31-32-73-30-28-71-26-15-54-46(68)40-6-5-39(43(50)59-40)58-41(66)33-52-13-19-65-20-14-57-61-65/h1-7,12,14,20,34,38,52H,8-11,13,15-19,21-33,51H2,(H,54,68)(H,58,66)(H,60,69)(H,53,55,56)/t38-/m0/s1. The van der Waals surface area contributed by atoms with Crippen LogP contribution in [0.15, 0.2) is 67.4 Å². The molecule has 0 unspecified atom stereocenters. The Morgan fingerprint density at radius 2 is 1.52 bits per heavy atom. The number of nitrogens with two attached hydrogens (primary N) is 1. The third-order valence-corrected chi connectivity index (χ3v) is 13.1. The quantitative estimate of drug-likeness (QED) is 0.0295. The Labute approximate surface area is 433 Å². The van der Waals surface area contributed by atoms with Gasteiger partial charge >= 0.3 is 0 Å². The number of anilines is 2. The molecule has 1 atom stereocenters. The molecule has 5 aromatic rings. The number of piperazine rings is 1. The summed E-state index contributed by atoms with van der Waals surface area (Å²) in [6.45, 7) is 8.76. The molecule has 0 saturated carbocycles. The van der Waals surface area contributed by atoms with Crippen LogP contribution in [0.1, 0.15) is 47.8 Å². The number of nitrogens with zero attached hydrogens (tertiary/aromatic N) is 9. The highest BCUT2D eigenvalue weighted by molar-refractivity contribution is 6.32. The molecule has 6 heterocycles. The zero-order valence-corrected chi connectivity index (χ0v) is 42.3. The fourth-order valence-electron chi connectivity index (χ4n) is 8.31. The number of carbonyl (C=O) groups is 4. The number of ether oxygens (including phenoxy) is 4. The van der Waals surface area contributed by atoms with E-state index in [1.807, 2.05) is 41.4 Å². The second kappa shape index (κ2) is 28.5. The molecule has 0 aliphatic carbocycles. The Kier molecular flexibility index (Phi) is 21.4. The van der Waals surface area contributed by atoms with Crippen molar-refractivity contribution in [3.05, 3.63) is 88.8 Å². The van der Waals surface area contributed by atoms with Gasteiger partial charge in [-0.3, -0.25) is 28.8 Å². The maximum absolute atomic E-state index is 13.9. The SMILES string of the molecule is NC1(C(=O)N[C@@H](CCN2CCN(C(=O)CCOCCOCCOCCOCCNC(=O)c3ccc(NC(=O)CNCCn4ccnn4)c(Cl)n3)CC2)c2ccc(Cl)cc2)CCN(c2ncnc3[nH]ccc23)CC1. The average molecular weight is 1050 g/mol. The van der Waals surface area contributed by atoms with Gasteiger partial charge in [0.25, 0.3) is 5.91 Å². The zero-order valence-electron chi connectivity index (χ0n) is 40.8. The van der Waals surface area contributed by atoms with E-state index in [1.54, 1.807) is 23.4 Å². The number of fused-ring (bicyclic) bond motifs is 1. The van der Waals surface area contributed by atoms with Crippen molar-refractivity contribution in [2.75, 3.05) is 129 Å². The van der Waals surface area contributed by atoms with Crippen LogP contribution in [-0.2, 0) is 39.9 Å². The molecule has 2 fully saturated rings. The molecule has 0 bridgehead atoms. The van der Waals surface area contributed by atoms with Crippen LogP contribution in [0.4, 0.5) is 11.5 Å². The molecule has 1 aromatic carbocycles. The number of hydrogen-bond donors (Lipinski definition) is 6. The number of nitrogens with one attached hydrogen (secondary N) is 5. The number of aromatic amines is 1. The Bertz CT molecular complexity index is 2510. The summed E-state index contributed by atoms with van der Waals surface area (Å²) < 4.78 is 24.0. The number of piperidine rings is 1. The van der Waals surface area contributed by atoms with Gasteiger partial charge in [-0.1, -0.05) is 40.5 Å². The van der Waals surface area contributed by atoms with E-state index >= 15 is 0 Å². The average Bonchev–Trinajstić information content (AvgIpc) is 4.12. The Morgan fingerprint density at radius 1 is 0.808 bits per heavy atom. The third-order valence-electron chi connectivity index (χ3n) is 12.5. The highest BCUT2D eigenvalue weighted by Gasteiger charge is 2.39. The Balaban J connectivity index is 0.676. The number of amides is 4. The van der Waals surface area contributed by atoms with Crippen LogP contribution in [0.25, 0.3) is 11.0 Å². The summed E-state index contributed by atoms with van der Waals surface area (Å²) in [4.78, 5) is 74.0. The van der Waals surface area contributed by atoms with Gasteiger partial charge in [0.15, 0.2) is 5.15 Å². The smallest absolute Gasteiger partial charge is 0.270 e. The fraction of sp³-hybridized carbons (Fsp3) is 0.521. The van der Waals surface area contributed by atoms with Gasteiger partial charge < -0.3 is 60.7 Å². The summed E-state index contributed by atoms with van der Waals surface area (Å²) in [5, 5.41) is 20.8. The van der Waals surface area contributed by atoms with Crippen molar-refractivity contribution in [1.29, 1.82) is 0 Å². The summed E-state index contributed by atoms with van der Waals surface area (Å²) in [7, 11) is 0. The molecule has 2 aliphatic heterocycles. The van der Waals surface area contributed by atoms with Crippen LogP contribution in [0.5, 0.6) is 0 Å². The van der Waals surface area contributed by atoms with Crippen molar-refractivity contribution in [2.45, 2.75) is 43.8 Å². The first-order valence-corrected chi connectivity index (χ1v) is 25.3. The molecule has 0 radical (unpaired) electrons. The number of hydrogen-bond acceptors (Lipinski definition) is 17. The molecular weight excluding hydrogens is 986 g/mol. The van der Waals surface area contributed by atoms with Crippen molar-refractivity contribution in [3.8, 4) is 0 Å². The molecule has 7 rings (SSSR count). The normalized spacial score (nSPS) is 15.3. The van der Waals surface area contributed by atoms with Crippen LogP contribution < -0.4 is 31.9 Å². The van der Waals surface area contributed by atoms with E-state index in [-0.39, 0.29) is 60.7 Å². The van der Waals surface area contributed by atoms with Gasteiger partial charge in [-0.2, -0.15) is 0 Å². The molecule has 394 valence electrons. The number of benzene rings is 1. The molecule has 4 amide bonds. The minimum Gasteiger partial charge on any atom is -0.379 e. The number of aromatic nitrogens is 7. The first kappa shape index (κ1) is 54.9. The molecule has 0 spiro atoms. The molecule has 7 N–H and O–H groups in total. The lowest BCUT2D eigenvalue weighted by molar-refractivity contribution is -0.134. The van der Waals surface area contributed by atoms with Gasteiger partial charge in [0.2, 0.25) is 17.7 Å². The van der Waals surface area contributed by atoms with Crippen molar-refractivity contribution in [1.82, 2.24) is 60.7 Å². The van der Waals surface area contributed by atoms with Gasteiger partial charge in [-0.25, -0.2) is 15.0 Å². The first-order valence-electron chi connectivity index (χ1n) is 24.5. The molecule has 73 heavy (non-hydrogen) atoms. The minimum absolute atomic E-state index is 0.00358. The number of rotatable bonds is 29. The van der Waals surface area contributed by atoms with E-state index in [0.29, 0.717) is 115 Å². The van der Waals surface area contributed by atoms with Gasteiger partial charge in [-0.15, -0.1) is 5.10 Å². The lowest BCUT2D eigenvalue weighted by Crippen LogP contribution is -2.60. The Morgan fingerprint density at radius 3 is 2.22 bits per heavy atom. The lowest BCUT2D eigenvalue weighted by Gasteiger charge is -2.39. The van der Waals surface area contributed by atoms with Gasteiger partial charge in [0.1, 0.15) is 23.5 Å². The van der Waals surface area contributed by atoms with Crippen LogP contribution in [-0.4, -0.2) is 192 Å². The molecule has 2 saturated heterocycles. The number of pyridine rings is 1. The van der Waals surface area contributed by atoms with E-state index in [1.165, 1.54) is 12.1 Å². The van der Waals surface area contributed by atoms with E-state index < -0.39 is 11.4 Å². The summed E-state index contributed by atoms with van der Waals surface area (Å²) in [6, 6.07) is 12.2. The highest BCUT2D eigenvalue weighted by atomic mass is 35.5. The minimum atomic E-state index is -1.02. The van der Waals surface area contributed by atoms with Crippen LogP contribution in [0, 0.1) is 0 Å². The van der Waals surface area contributed by atoms with E-state index in [9.17, 15) is 19.2 Å². The largest absolute Gasteiger partial charge is 0.379 e. The number of halogens is 2. The maximum atomic E-state index is 13.9. The molecule has 25 heteroatoms. The molecule has 4 aromatic heterocycles. The van der Waals surface area contributed by atoms with Gasteiger partial charge in [0, 0.05) is 76.3 Å². The predicted molar refractivity (Wildman–Crippen MR) is 273 cm³/mol. The van der Waals surface area contributed by atoms with Crippen LogP contribution in [0.3, 0.4) is 0 Å². The Hall–Kier alpha value is -5.89. The van der Waals surface area contributed by atoms with Crippen molar-refractivity contribution in [2.24, 2.45) is 5.73 Å². The summed E-state index contributed by atoms with van der Waals surface area (Å²) in [5.41, 5.74) is 7.93. The predicted octanol–water partition coefficient (Wildman–Crippen LogP) is 2.06. The number of H-pyrrole nitrogens is 1. The first-order chi connectivity index (χ1) is 35.5. The van der Waals surface area contributed by atoms with Crippen LogP contribution in [0.2, 0.25) is 10.2 Å². The number of carbonyl (C=O) groups excluding carboxylic acids is 4. The van der Waals surface area contributed by atoms with Gasteiger partial charge in [0.05, 0.1) is 101 Å². The van der Waals surface area contributed by atoms with E-state index in [4.69, 9.17) is 47.9 Å². The summed E-state index contributed by atoms with van der Waals surface area (Å²) in [5.74, 6) is -0.0166. The van der Waals surface area contributed by atoms with Gasteiger partial charge in [-0.05, 0) is 55.2 Å². The lowest BCUT2D eigenvalue weighted by atomic mass is 9.87. The fourth-order valence-corrected chi connectivity index (χ4v) is 8.64. The van der Waals surface area contributed by atoms with Crippen molar-refractivity contribution >= 4 is 69.4 Å². The maximum Gasteiger partial charge on any atom is 0.270 e. The van der Waals surface area contributed by atoms with E-state index in [0.717, 1.165) is 42.0 Å². The molecule has 23 nitrogen and oxygen atoms in total. The second-order valence-electron chi connectivity index (χ2n) is 17.6. The second-order valence-corrected chi connectivity index (χ2v) is 18.3. The highest BCUT2D eigenvalue weighted by Crippen LogP contribution is 2.30. The molecular formula is C48H65Cl2N15O8. The van der Waals surface area contributed by atoms with Crippen molar-refractivity contribution < 1.29 is 38.1 Å².